The Kier molecular flexibility index (Phi) is 4.76. The van der Waals surface area contributed by atoms with Crippen molar-refractivity contribution in [2.75, 3.05) is 5.32 Å². The summed E-state index contributed by atoms with van der Waals surface area (Å²) in [5.41, 5.74) is -0.410. The molecular weight excluding hydrogens is 451 g/mol. The minimum Gasteiger partial charge on any atom is -0.395 e. The monoisotopic (exact) mass is 466 g/mol. The Balaban J connectivity index is 1.41. The zero-order chi connectivity index (χ0) is 23.4. The highest BCUT2D eigenvalue weighted by Gasteiger charge is 2.43. The second kappa shape index (κ2) is 7.42. The molecule has 1 aliphatic heterocycles. The summed E-state index contributed by atoms with van der Waals surface area (Å²) in [4.78, 5) is 16.5. The second-order valence-corrected chi connectivity index (χ2v) is 7.56. The number of pyridine rings is 1. The van der Waals surface area contributed by atoms with Gasteiger partial charge in [-0.05, 0) is 36.6 Å². The van der Waals surface area contributed by atoms with Crippen LogP contribution in [-0.2, 0) is 19.1 Å². The van der Waals surface area contributed by atoms with Crippen LogP contribution in [0.25, 0.3) is 5.69 Å². The second-order valence-electron chi connectivity index (χ2n) is 7.56. The molecule has 33 heavy (non-hydrogen) atoms. The van der Waals surface area contributed by atoms with Gasteiger partial charge in [0.15, 0.2) is 23.0 Å². The topological polar surface area (TPSA) is 78.3 Å². The van der Waals surface area contributed by atoms with Gasteiger partial charge in [-0.25, -0.2) is 9.67 Å². The van der Waals surface area contributed by atoms with Crippen molar-refractivity contribution in [3.05, 3.63) is 59.0 Å². The molecular formula is C21H15F5N4O3. The summed E-state index contributed by atoms with van der Waals surface area (Å²) in [5.74, 6) is -0.306. The Morgan fingerprint density at radius 1 is 1.09 bits per heavy atom. The zero-order valence-electron chi connectivity index (χ0n) is 16.7. The number of ketones is 1. The molecule has 0 spiro atoms. The molecule has 5 rings (SSSR count). The quantitative estimate of drug-likeness (QED) is 0.560. The fourth-order valence-corrected chi connectivity index (χ4v) is 3.88. The highest BCUT2D eigenvalue weighted by atomic mass is 19.4. The van der Waals surface area contributed by atoms with Crippen molar-refractivity contribution >= 4 is 11.6 Å². The first-order chi connectivity index (χ1) is 15.6. The van der Waals surface area contributed by atoms with Crippen molar-refractivity contribution in [3.8, 4) is 17.2 Å². The number of rotatable bonds is 4. The highest BCUT2D eigenvalue weighted by molar-refractivity contribution is 5.97. The van der Waals surface area contributed by atoms with E-state index >= 15 is 0 Å². The molecule has 0 amide bonds. The number of hydrogen-bond donors (Lipinski definition) is 1. The number of nitrogens with zero attached hydrogens (tertiary/aromatic N) is 3. The number of fused-ring (bicyclic) bond motifs is 2. The lowest BCUT2D eigenvalue weighted by Crippen LogP contribution is -2.25. The third-order valence-corrected chi connectivity index (χ3v) is 5.27. The number of alkyl halides is 5. The van der Waals surface area contributed by atoms with Gasteiger partial charge in [0, 0.05) is 30.8 Å². The molecule has 12 heteroatoms. The van der Waals surface area contributed by atoms with E-state index in [1.807, 2.05) is 0 Å². The van der Waals surface area contributed by atoms with Crippen LogP contribution in [0.3, 0.4) is 0 Å². The van der Waals surface area contributed by atoms with Gasteiger partial charge in [-0.2, -0.15) is 18.3 Å². The molecule has 0 saturated carbocycles. The maximum atomic E-state index is 13.5. The molecule has 2 aromatic heterocycles. The number of halogens is 5. The van der Waals surface area contributed by atoms with E-state index < -0.39 is 23.9 Å². The Labute approximate surface area is 183 Å². The average molecular weight is 466 g/mol. The van der Waals surface area contributed by atoms with Crippen LogP contribution in [0.15, 0.2) is 36.5 Å². The van der Waals surface area contributed by atoms with Gasteiger partial charge >= 0.3 is 12.5 Å². The summed E-state index contributed by atoms with van der Waals surface area (Å²) in [6.45, 7) is 0.155. The van der Waals surface area contributed by atoms with E-state index in [1.54, 1.807) is 6.07 Å². The Morgan fingerprint density at radius 3 is 2.67 bits per heavy atom. The van der Waals surface area contributed by atoms with Crippen molar-refractivity contribution in [2.45, 2.75) is 38.3 Å². The van der Waals surface area contributed by atoms with Crippen molar-refractivity contribution in [1.29, 1.82) is 0 Å². The molecule has 1 N–H and O–H groups in total. The molecule has 0 saturated heterocycles. The van der Waals surface area contributed by atoms with E-state index in [1.165, 1.54) is 30.5 Å². The van der Waals surface area contributed by atoms with Crippen LogP contribution in [0.5, 0.6) is 11.5 Å². The first kappa shape index (κ1) is 21.2. The Bertz CT molecular complexity index is 1260. The standard InChI is InChI=1S/C21H15F5N4O3/c22-20(23,24)19-13-2-1-3-14(31)18(13)30(29-19)12-6-7-27-17(9-12)28-10-11-4-5-15-16(8-11)33-21(25,26)32-15/h4-9H,1-3,10H2,(H,27,28). The minimum absolute atomic E-state index is 0.0672. The molecule has 1 aliphatic carbocycles. The maximum absolute atomic E-state index is 13.5. The number of benzene rings is 1. The van der Waals surface area contributed by atoms with Gasteiger partial charge in [-0.15, -0.1) is 8.78 Å². The van der Waals surface area contributed by atoms with Crippen LogP contribution in [0.1, 0.15) is 40.2 Å². The fourth-order valence-electron chi connectivity index (χ4n) is 3.88. The molecule has 0 fully saturated rings. The first-order valence-corrected chi connectivity index (χ1v) is 9.92. The van der Waals surface area contributed by atoms with Gasteiger partial charge in [0.25, 0.3) is 0 Å². The number of Topliss-reactive ketones (excluding diaryl/α,β-unsaturated/α-hetero) is 1. The molecule has 0 unspecified atom stereocenters. The number of aromatic nitrogens is 3. The average Bonchev–Trinajstić information content (AvgIpc) is 3.29. The maximum Gasteiger partial charge on any atom is 0.586 e. The molecule has 0 bridgehead atoms. The molecule has 1 aromatic carbocycles. The van der Waals surface area contributed by atoms with Gasteiger partial charge in [0.1, 0.15) is 11.5 Å². The summed E-state index contributed by atoms with van der Waals surface area (Å²) in [6, 6.07) is 7.18. The number of nitrogens with one attached hydrogen (secondary N) is 1. The minimum atomic E-state index is -4.68. The summed E-state index contributed by atoms with van der Waals surface area (Å²) >= 11 is 0. The van der Waals surface area contributed by atoms with Crippen molar-refractivity contribution in [3.63, 3.8) is 0 Å². The lowest BCUT2D eigenvalue weighted by molar-refractivity contribution is -0.286. The fraction of sp³-hybridized carbons (Fsp3) is 0.286. The van der Waals surface area contributed by atoms with Crippen LogP contribution in [0.2, 0.25) is 0 Å². The molecule has 7 nitrogen and oxygen atoms in total. The predicted molar refractivity (Wildman–Crippen MR) is 104 cm³/mol. The predicted octanol–water partition coefficient (Wildman–Crippen LogP) is 4.74. The van der Waals surface area contributed by atoms with Gasteiger partial charge in [0.05, 0.1) is 5.69 Å². The van der Waals surface area contributed by atoms with Crippen LogP contribution in [0, 0.1) is 0 Å². The van der Waals surface area contributed by atoms with Crippen LogP contribution >= 0.6 is 0 Å². The van der Waals surface area contributed by atoms with Crippen LogP contribution in [0.4, 0.5) is 27.8 Å². The first-order valence-electron chi connectivity index (χ1n) is 9.92. The number of anilines is 1. The van der Waals surface area contributed by atoms with Gasteiger partial charge in [0.2, 0.25) is 0 Å². The molecule has 0 radical (unpaired) electrons. The van der Waals surface area contributed by atoms with Gasteiger partial charge in [-0.1, -0.05) is 6.07 Å². The smallest absolute Gasteiger partial charge is 0.395 e. The van der Waals surface area contributed by atoms with E-state index in [2.05, 4.69) is 24.9 Å². The molecule has 3 aromatic rings. The number of carbonyl (C=O) groups is 1. The molecule has 3 heterocycles. The third-order valence-electron chi connectivity index (χ3n) is 5.27. The van der Waals surface area contributed by atoms with E-state index in [0.29, 0.717) is 12.0 Å². The van der Waals surface area contributed by atoms with E-state index in [9.17, 15) is 26.7 Å². The van der Waals surface area contributed by atoms with E-state index in [4.69, 9.17) is 0 Å². The van der Waals surface area contributed by atoms with Gasteiger partial charge in [-0.3, -0.25) is 4.79 Å². The van der Waals surface area contributed by atoms with Crippen molar-refractivity contribution in [1.82, 2.24) is 14.8 Å². The highest BCUT2D eigenvalue weighted by Crippen LogP contribution is 2.41. The van der Waals surface area contributed by atoms with Crippen LogP contribution < -0.4 is 14.8 Å². The molecule has 2 aliphatic rings. The van der Waals surface area contributed by atoms with Crippen molar-refractivity contribution in [2.24, 2.45) is 0 Å². The number of carbonyl (C=O) groups excluding carboxylic acids is 1. The number of hydrogen-bond acceptors (Lipinski definition) is 6. The Hall–Kier alpha value is -3.70. The summed E-state index contributed by atoms with van der Waals surface area (Å²) in [5, 5.41) is 6.68. The van der Waals surface area contributed by atoms with E-state index in [0.717, 1.165) is 4.68 Å². The van der Waals surface area contributed by atoms with Crippen molar-refractivity contribution < 1.29 is 36.2 Å². The third kappa shape index (κ3) is 3.96. The summed E-state index contributed by atoms with van der Waals surface area (Å²) < 4.78 is 76.6. The largest absolute Gasteiger partial charge is 0.586 e. The van der Waals surface area contributed by atoms with Gasteiger partial charge < -0.3 is 14.8 Å². The van der Waals surface area contributed by atoms with Crippen LogP contribution in [-0.4, -0.2) is 26.8 Å². The molecule has 172 valence electrons. The summed E-state index contributed by atoms with van der Waals surface area (Å²) in [6.07, 6.45) is -6.43. The Morgan fingerprint density at radius 2 is 1.88 bits per heavy atom. The SMILES string of the molecule is O=C1CCCc2c(C(F)(F)F)nn(-c3ccnc(NCc4ccc5c(c4)OC(F)(F)O5)c3)c21. The normalized spacial score (nSPS) is 16.6. The summed E-state index contributed by atoms with van der Waals surface area (Å²) in [7, 11) is 0. The lowest BCUT2D eigenvalue weighted by atomic mass is 9.94. The van der Waals surface area contributed by atoms with E-state index in [-0.39, 0.29) is 53.6 Å². The molecule has 0 atom stereocenters. The lowest BCUT2D eigenvalue weighted by Gasteiger charge is -2.14. The number of ether oxygens (including phenoxy) is 2. The zero-order valence-corrected chi connectivity index (χ0v) is 16.7.